The minimum Gasteiger partial charge on any atom is -0.314 e. The van der Waals surface area contributed by atoms with Crippen LogP contribution < -0.4 is 5.32 Å². The van der Waals surface area contributed by atoms with Crippen molar-refractivity contribution in [2.45, 2.75) is 13.8 Å². The van der Waals surface area contributed by atoms with E-state index >= 15 is 0 Å². The zero-order chi connectivity index (χ0) is 11.0. The third-order valence-corrected chi connectivity index (χ3v) is 3.09. The molecule has 0 saturated heterocycles. The Hall–Kier alpha value is -0.130. The fourth-order valence-electron chi connectivity index (χ4n) is 1.16. The maximum atomic E-state index is 10.8. The monoisotopic (exact) mass is 222 g/mol. The van der Waals surface area contributed by atoms with Crippen molar-refractivity contribution in [1.82, 2.24) is 10.2 Å². The first kappa shape index (κ1) is 13.9. The Morgan fingerprint density at radius 2 is 1.71 bits per heavy atom. The summed E-state index contributed by atoms with van der Waals surface area (Å²) in [7, 11) is -2.81. The number of rotatable bonds is 8. The van der Waals surface area contributed by atoms with Crippen LogP contribution in [0.3, 0.4) is 0 Å². The van der Waals surface area contributed by atoms with Gasteiger partial charge in [-0.15, -0.1) is 0 Å². The number of hydrogen-bond acceptors (Lipinski definition) is 4. The molecule has 0 aliphatic rings. The summed E-state index contributed by atoms with van der Waals surface area (Å²) in [4.78, 5) is 2.30. The molecular formula is C9H22N2O2S. The van der Waals surface area contributed by atoms with Gasteiger partial charge in [0, 0.05) is 25.9 Å². The lowest BCUT2D eigenvalue weighted by molar-refractivity contribution is 0.303. The SMILES string of the molecule is CCN(CC)CCNCCS(C)(=O)=O. The average molecular weight is 222 g/mol. The maximum absolute atomic E-state index is 10.8. The molecule has 4 nitrogen and oxygen atoms in total. The Balaban J connectivity index is 3.38. The topological polar surface area (TPSA) is 49.4 Å². The van der Waals surface area contributed by atoms with Crippen molar-refractivity contribution < 1.29 is 8.42 Å². The van der Waals surface area contributed by atoms with Gasteiger partial charge < -0.3 is 10.2 Å². The van der Waals surface area contributed by atoms with Crippen LogP contribution in [0.1, 0.15) is 13.8 Å². The minimum absolute atomic E-state index is 0.227. The Kier molecular flexibility index (Phi) is 7.13. The molecule has 0 spiro atoms. The number of nitrogens with one attached hydrogen (secondary N) is 1. The lowest BCUT2D eigenvalue weighted by Gasteiger charge is -2.17. The number of nitrogens with zero attached hydrogens (tertiary/aromatic N) is 1. The molecule has 0 aromatic heterocycles. The Morgan fingerprint density at radius 1 is 1.14 bits per heavy atom. The van der Waals surface area contributed by atoms with Crippen LogP contribution in [0.2, 0.25) is 0 Å². The fraction of sp³-hybridized carbons (Fsp3) is 1.00. The molecule has 0 unspecified atom stereocenters. The van der Waals surface area contributed by atoms with Crippen LogP contribution in [0.4, 0.5) is 0 Å². The van der Waals surface area contributed by atoms with Crippen molar-refractivity contribution >= 4 is 9.84 Å². The molecule has 0 aliphatic heterocycles. The number of hydrogen-bond donors (Lipinski definition) is 1. The zero-order valence-corrected chi connectivity index (χ0v) is 10.2. The first-order valence-corrected chi connectivity index (χ1v) is 7.16. The van der Waals surface area contributed by atoms with E-state index < -0.39 is 9.84 Å². The van der Waals surface area contributed by atoms with Gasteiger partial charge in [0.25, 0.3) is 0 Å². The largest absolute Gasteiger partial charge is 0.314 e. The predicted molar refractivity (Wildman–Crippen MR) is 60.4 cm³/mol. The summed E-state index contributed by atoms with van der Waals surface area (Å²) in [5, 5.41) is 3.12. The first-order chi connectivity index (χ1) is 6.49. The second kappa shape index (κ2) is 7.20. The third kappa shape index (κ3) is 8.47. The van der Waals surface area contributed by atoms with Crippen molar-refractivity contribution in [1.29, 1.82) is 0 Å². The molecule has 0 saturated carbocycles. The smallest absolute Gasteiger partial charge is 0.148 e. The molecular weight excluding hydrogens is 200 g/mol. The normalized spacial score (nSPS) is 12.3. The molecule has 0 heterocycles. The molecule has 0 aromatic carbocycles. The Morgan fingerprint density at radius 3 is 2.14 bits per heavy atom. The summed E-state index contributed by atoms with van der Waals surface area (Å²) < 4.78 is 21.6. The van der Waals surface area contributed by atoms with Crippen molar-refractivity contribution in [3.63, 3.8) is 0 Å². The van der Waals surface area contributed by atoms with Gasteiger partial charge in [-0.05, 0) is 13.1 Å². The van der Waals surface area contributed by atoms with E-state index in [1.807, 2.05) is 0 Å². The molecule has 0 bridgehead atoms. The zero-order valence-electron chi connectivity index (χ0n) is 9.41. The molecule has 86 valence electrons. The van der Waals surface area contributed by atoms with Gasteiger partial charge in [0.05, 0.1) is 5.75 Å². The molecule has 0 aliphatic carbocycles. The average Bonchev–Trinajstić information content (AvgIpc) is 2.09. The van der Waals surface area contributed by atoms with Gasteiger partial charge >= 0.3 is 0 Å². The van der Waals surface area contributed by atoms with E-state index in [1.165, 1.54) is 6.26 Å². The minimum atomic E-state index is -2.81. The van der Waals surface area contributed by atoms with Crippen LogP contribution in [0.15, 0.2) is 0 Å². The molecule has 0 radical (unpaired) electrons. The summed E-state index contributed by atoms with van der Waals surface area (Å²) in [5.74, 6) is 0.227. The van der Waals surface area contributed by atoms with E-state index in [0.29, 0.717) is 6.54 Å². The molecule has 0 rings (SSSR count). The lowest BCUT2D eigenvalue weighted by Crippen LogP contribution is -2.33. The highest BCUT2D eigenvalue weighted by atomic mass is 32.2. The highest BCUT2D eigenvalue weighted by Crippen LogP contribution is 1.84. The van der Waals surface area contributed by atoms with Crippen molar-refractivity contribution in [2.24, 2.45) is 0 Å². The van der Waals surface area contributed by atoms with Gasteiger partial charge in [-0.2, -0.15) is 0 Å². The van der Waals surface area contributed by atoms with Gasteiger partial charge in [-0.1, -0.05) is 13.8 Å². The molecule has 0 fully saturated rings. The summed E-state index contributed by atoms with van der Waals surface area (Å²) in [6.07, 6.45) is 1.26. The van der Waals surface area contributed by atoms with Crippen LogP contribution in [0.25, 0.3) is 0 Å². The quantitative estimate of drug-likeness (QED) is 0.586. The van der Waals surface area contributed by atoms with Crippen molar-refractivity contribution in [2.75, 3.05) is 44.7 Å². The van der Waals surface area contributed by atoms with Crippen LogP contribution >= 0.6 is 0 Å². The Labute approximate surface area is 87.6 Å². The molecule has 1 N–H and O–H groups in total. The third-order valence-electron chi connectivity index (χ3n) is 2.15. The van der Waals surface area contributed by atoms with E-state index in [2.05, 4.69) is 24.1 Å². The van der Waals surface area contributed by atoms with Gasteiger partial charge in [0.2, 0.25) is 0 Å². The summed E-state index contributed by atoms with van der Waals surface area (Å²) in [5.41, 5.74) is 0. The van der Waals surface area contributed by atoms with E-state index in [9.17, 15) is 8.42 Å². The van der Waals surface area contributed by atoms with Crippen LogP contribution in [0, 0.1) is 0 Å². The molecule has 0 aromatic rings. The van der Waals surface area contributed by atoms with E-state index in [4.69, 9.17) is 0 Å². The van der Waals surface area contributed by atoms with Gasteiger partial charge in [-0.3, -0.25) is 0 Å². The van der Waals surface area contributed by atoms with Gasteiger partial charge in [-0.25, -0.2) is 8.42 Å². The molecule has 0 amide bonds. The van der Waals surface area contributed by atoms with Crippen LogP contribution in [0.5, 0.6) is 0 Å². The van der Waals surface area contributed by atoms with E-state index in [1.54, 1.807) is 0 Å². The summed E-state index contributed by atoms with van der Waals surface area (Å²) in [6, 6.07) is 0. The molecule has 5 heteroatoms. The predicted octanol–water partition coefficient (Wildman–Crippen LogP) is -0.0376. The lowest BCUT2D eigenvalue weighted by atomic mass is 10.4. The Bertz CT molecular complexity index is 223. The van der Waals surface area contributed by atoms with Crippen molar-refractivity contribution in [3.8, 4) is 0 Å². The van der Waals surface area contributed by atoms with Crippen LogP contribution in [-0.4, -0.2) is 58.1 Å². The van der Waals surface area contributed by atoms with Gasteiger partial charge in [0.1, 0.15) is 9.84 Å². The molecule has 14 heavy (non-hydrogen) atoms. The van der Waals surface area contributed by atoms with Crippen LogP contribution in [-0.2, 0) is 9.84 Å². The summed E-state index contributed by atoms with van der Waals surface area (Å²) in [6.45, 7) is 8.74. The number of sulfone groups is 1. The summed E-state index contributed by atoms with van der Waals surface area (Å²) >= 11 is 0. The first-order valence-electron chi connectivity index (χ1n) is 5.10. The highest BCUT2D eigenvalue weighted by Gasteiger charge is 2.01. The second-order valence-electron chi connectivity index (χ2n) is 3.41. The second-order valence-corrected chi connectivity index (χ2v) is 5.67. The van der Waals surface area contributed by atoms with Crippen molar-refractivity contribution in [3.05, 3.63) is 0 Å². The standard InChI is InChI=1S/C9H22N2O2S/c1-4-11(5-2)8-6-10-7-9-14(3,12)13/h10H,4-9H2,1-3H3. The van der Waals surface area contributed by atoms with E-state index in [0.717, 1.165) is 26.2 Å². The van der Waals surface area contributed by atoms with E-state index in [-0.39, 0.29) is 5.75 Å². The highest BCUT2D eigenvalue weighted by molar-refractivity contribution is 7.90. The fourth-order valence-corrected chi connectivity index (χ4v) is 1.67. The maximum Gasteiger partial charge on any atom is 0.148 e. The number of likely N-dealkylation sites (N-methyl/N-ethyl adjacent to an activating group) is 1. The molecule has 0 atom stereocenters. The van der Waals surface area contributed by atoms with Gasteiger partial charge in [0.15, 0.2) is 0 Å².